The van der Waals surface area contributed by atoms with Gasteiger partial charge in [0.15, 0.2) is 0 Å². The van der Waals surface area contributed by atoms with Crippen LogP contribution in [-0.2, 0) is 9.68 Å². The highest BCUT2D eigenvalue weighted by atomic mass is 17.1. The molecule has 2 N–H and O–H groups in total. The minimum atomic E-state index is -0.746. The van der Waals surface area contributed by atoms with E-state index < -0.39 is 5.97 Å². The smallest absolute Gasteiger partial charge is 0.303 e. The van der Waals surface area contributed by atoms with Gasteiger partial charge >= 0.3 is 5.97 Å². The van der Waals surface area contributed by atoms with Crippen LogP contribution in [0.5, 0.6) is 0 Å². The maximum absolute atomic E-state index is 10.3. The van der Waals surface area contributed by atoms with E-state index in [2.05, 4.69) is 17.9 Å². The summed E-state index contributed by atoms with van der Waals surface area (Å²) in [7, 11) is 0. The van der Waals surface area contributed by atoms with Crippen LogP contribution in [-0.4, -0.2) is 22.4 Å². The Hall–Kier alpha value is -1.39. The minimum absolute atomic E-state index is 0.225. The third-order valence-electron chi connectivity index (χ3n) is 2.71. The van der Waals surface area contributed by atoms with Crippen molar-refractivity contribution >= 4 is 5.97 Å². The van der Waals surface area contributed by atoms with Gasteiger partial charge in [-0.15, -0.1) is 0 Å². The topological polar surface area (TPSA) is 66.8 Å². The SMILES string of the molecule is CCCC=CC=C[C@H](CC=CCCCCC(=O)O)OO. The summed E-state index contributed by atoms with van der Waals surface area (Å²) in [5.74, 6) is -0.746. The van der Waals surface area contributed by atoms with Crippen LogP contribution >= 0.6 is 0 Å². The number of hydrogen-bond acceptors (Lipinski definition) is 3. The molecule has 0 aliphatic rings. The predicted molar refractivity (Wildman–Crippen MR) is 80.6 cm³/mol. The van der Waals surface area contributed by atoms with Crippen molar-refractivity contribution in [3.8, 4) is 0 Å². The van der Waals surface area contributed by atoms with Gasteiger partial charge in [-0.1, -0.05) is 49.8 Å². The second-order valence-electron chi connectivity index (χ2n) is 4.59. The van der Waals surface area contributed by atoms with E-state index in [9.17, 15) is 4.79 Å². The van der Waals surface area contributed by atoms with E-state index in [4.69, 9.17) is 10.4 Å². The second kappa shape index (κ2) is 14.0. The van der Waals surface area contributed by atoms with Gasteiger partial charge < -0.3 is 5.11 Å². The number of carbonyl (C=O) groups is 1. The van der Waals surface area contributed by atoms with Gasteiger partial charge in [-0.2, -0.15) is 0 Å². The first-order chi connectivity index (χ1) is 9.70. The molecule has 0 saturated carbocycles. The fourth-order valence-corrected chi connectivity index (χ4v) is 1.57. The van der Waals surface area contributed by atoms with Gasteiger partial charge in [-0.05, 0) is 32.1 Å². The highest BCUT2D eigenvalue weighted by Gasteiger charge is 2.00. The van der Waals surface area contributed by atoms with Crippen molar-refractivity contribution in [1.29, 1.82) is 0 Å². The number of unbranched alkanes of at least 4 members (excludes halogenated alkanes) is 3. The van der Waals surface area contributed by atoms with Gasteiger partial charge in [0.25, 0.3) is 0 Å². The van der Waals surface area contributed by atoms with Crippen LogP contribution in [0.15, 0.2) is 36.5 Å². The Balaban J connectivity index is 3.74. The number of allylic oxidation sites excluding steroid dienone is 4. The molecule has 0 heterocycles. The Morgan fingerprint density at radius 3 is 2.60 bits per heavy atom. The maximum Gasteiger partial charge on any atom is 0.303 e. The van der Waals surface area contributed by atoms with E-state index in [-0.39, 0.29) is 12.5 Å². The Morgan fingerprint density at radius 1 is 1.15 bits per heavy atom. The molecule has 0 rings (SSSR count). The van der Waals surface area contributed by atoms with Crippen LogP contribution in [0.3, 0.4) is 0 Å². The first kappa shape index (κ1) is 18.6. The predicted octanol–water partition coefficient (Wildman–Crippen LogP) is 4.35. The molecule has 114 valence electrons. The molecule has 0 aromatic carbocycles. The fraction of sp³-hybridized carbons (Fsp3) is 0.562. The number of carboxylic acid groups (broad SMARTS) is 1. The molecule has 4 heteroatoms. The van der Waals surface area contributed by atoms with Gasteiger partial charge in [-0.25, -0.2) is 4.89 Å². The standard InChI is InChI=1S/C16H26O4/c1-2-3-4-6-9-12-15(20-19)13-10-7-5-8-11-14-16(17)18/h4,6-7,9-10,12,15,19H,2-3,5,8,11,13-14H2,1H3,(H,17,18)/t15-/m1/s1. The van der Waals surface area contributed by atoms with E-state index in [1.807, 2.05) is 24.3 Å². The van der Waals surface area contributed by atoms with E-state index in [0.717, 1.165) is 25.7 Å². The lowest BCUT2D eigenvalue weighted by Crippen LogP contribution is -2.04. The molecule has 0 bridgehead atoms. The lowest BCUT2D eigenvalue weighted by atomic mass is 10.1. The molecule has 1 atom stereocenters. The molecule has 0 fully saturated rings. The third kappa shape index (κ3) is 13.1. The summed E-state index contributed by atoms with van der Waals surface area (Å²) >= 11 is 0. The number of hydrogen-bond donors (Lipinski definition) is 2. The first-order valence-electron chi connectivity index (χ1n) is 7.21. The number of rotatable bonds is 12. The zero-order valence-corrected chi connectivity index (χ0v) is 12.2. The van der Waals surface area contributed by atoms with Crippen LogP contribution in [0.1, 0.15) is 51.9 Å². The fourth-order valence-electron chi connectivity index (χ4n) is 1.57. The minimum Gasteiger partial charge on any atom is -0.481 e. The summed E-state index contributed by atoms with van der Waals surface area (Å²) in [5.41, 5.74) is 0. The summed E-state index contributed by atoms with van der Waals surface area (Å²) in [6.45, 7) is 2.12. The lowest BCUT2D eigenvalue weighted by Gasteiger charge is -2.04. The maximum atomic E-state index is 10.3. The van der Waals surface area contributed by atoms with Crippen molar-refractivity contribution in [1.82, 2.24) is 0 Å². The van der Waals surface area contributed by atoms with Crippen molar-refractivity contribution in [2.75, 3.05) is 0 Å². The zero-order chi connectivity index (χ0) is 15.1. The van der Waals surface area contributed by atoms with Crippen LogP contribution in [0.25, 0.3) is 0 Å². The summed E-state index contributed by atoms with van der Waals surface area (Å²) in [6.07, 6.45) is 16.7. The van der Waals surface area contributed by atoms with Gasteiger partial charge in [0.2, 0.25) is 0 Å². The van der Waals surface area contributed by atoms with Crippen molar-refractivity contribution in [2.24, 2.45) is 0 Å². The molecule has 0 unspecified atom stereocenters. The molecule has 20 heavy (non-hydrogen) atoms. The number of carboxylic acids is 1. The van der Waals surface area contributed by atoms with E-state index >= 15 is 0 Å². The summed E-state index contributed by atoms with van der Waals surface area (Å²) in [4.78, 5) is 14.7. The molecule has 0 aliphatic carbocycles. The second-order valence-corrected chi connectivity index (χ2v) is 4.59. The van der Waals surface area contributed by atoms with Crippen LogP contribution in [0.4, 0.5) is 0 Å². The van der Waals surface area contributed by atoms with E-state index in [0.29, 0.717) is 12.8 Å². The van der Waals surface area contributed by atoms with Crippen molar-refractivity contribution < 1.29 is 20.0 Å². The molecule has 0 saturated heterocycles. The molecular formula is C16H26O4. The molecule has 0 amide bonds. The molecule has 0 aliphatic heterocycles. The monoisotopic (exact) mass is 282 g/mol. The van der Waals surface area contributed by atoms with E-state index in [1.54, 1.807) is 6.08 Å². The normalized spacial score (nSPS) is 13.7. The molecule has 0 radical (unpaired) electrons. The highest BCUT2D eigenvalue weighted by molar-refractivity contribution is 5.66. The highest BCUT2D eigenvalue weighted by Crippen LogP contribution is 2.04. The molecule has 4 nitrogen and oxygen atoms in total. The average Bonchev–Trinajstić information content (AvgIpc) is 2.43. The van der Waals surface area contributed by atoms with Crippen molar-refractivity contribution in [3.05, 3.63) is 36.5 Å². The quantitative estimate of drug-likeness (QED) is 0.184. The van der Waals surface area contributed by atoms with Crippen LogP contribution in [0.2, 0.25) is 0 Å². The number of aliphatic carboxylic acids is 1. The summed E-state index contributed by atoms with van der Waals surface area (Å²) in [6, 6.07) is 0. The van der Waals surface area contributed by atoms with Gasteiger partial charge in [0.1, 0.15) is 6.10 Å². The van der Waals surface area contributed by atoms with Gasteiger partial charge in [0.05, 0.1) is 0 Å². The van der Waals surface area contributed by atoms with Crippen LogP contribution in [0, 0.1) is 0 Å². The third-order valence-corrected chi connectivity index (χ3v) is 2.71. The van der Waals surface area contributed by atoms with Gasteiger partial charge in [0, 0.05) is 6.42 Å². The molecular weight excluding hydrogens is 256 g/mol. The van der Waals surface area contributed by atoms with E-state index in [1.165, 1.54) is 0 Å². The van der Waals surface area contributed by atoms with Crippen molar-refractivity contribution in [2.45, 2.75) is 58.0 Å². The molecule has 0 spiro atoms. The van der Waals surface area contributed by atoms with Crippen molar-refractivity contribution in [3.63, 3.8) is 0 Å². The summed E-state index contributed by atoms with van der Waals surface area (Å²) < 4.78 is 0. The average molecular weight is 282 g/mol. The van der Waals surface area contributed by atoms with Crippen LogP contribution < -0.4 is 0 Å². The lowest BCUT2D eigenvalue weighted by molar-refractivity contribution is -0.264. The molecule has 0 aromatic rings. The Morgan fingerprint density at radius 2 is 1.95 bits per heavy atom. The Labute approximate surface area is 121 Å². The largest absolute Gasteiger partial charge is 0.481 e. The Kier molecular flexibility index (Phi) is 13.1. The van der Waals surface area contributed by atoms with Gasteiger partial charge in [-0.3, -0.25) is 10.1 Å². The first-order valence-corrected chi connectivity index (χ1v) is 7.21. The zero-order valence-electron chi connectivity index (χ0n) is 12.2. The Bertz CT molecular complexity index is 318. The molecule has 0 aromatic heterocycles. The summed E-state index contributed by atoms with van der Waals surface area (Å²) in [5, 5.41) is 17.2.